The Balaban J connectivity index is 2.25. The number of alkyl halides is 1. The van der Waals surface area contributed by atoms with Gasteiger partial charge in [-0.2, -0.15) is 5.10 Å². The maximum Gasteiger partial charge on any atom is 0.0596 e. The molecule has 0 bridgehead atoms. The lowest BCUT2D eigenvalue weighted by Crippen LogP contribution is -2.09. The summed E-state index contributed by atoms with van der Waals surface area (Å²) in [6, 6.07) is 10.8. The van der Waals surface area contributed by atoms with Gasteiger partial charge in [-0.1, -0.05) is 40.2 Å². The van der Waals surface area contributed by atoms with Crippen LogP contribution in [0, 0.1) is 13.8 Å². The fourth-order valence-electron chi connectivity index (χ4n) is 2.40. The van der Waals surface area contributed by atoms with Gasteiger partial charge in [-0.25, -0.2) is 0 Å². The molecule has 1 atom stereocenters. The van der Waals surface area contributed by atoms with Gasteiger partial charge >= 0.3 is 0 Å². The van der Waals surface area contributed by atoms with Gasteiger partial charge in [-0.05, 0) is 43.4 Å². The minimum absolute atomic E-state index is 0.501. The average Bonchev–Trinajstić information content (AvgIpc) is 2.66. The summed E-state index contributed by atoms with van der Waals surface area (Å²) in [5.74, 6) is 0.501. The van der Waals surface area contributed by atoms with Crippen molar-refractivity contribution in [2.75, 3.05) is 5.33 Å². The van der Waals surface area contributed by atoms with Crippen LogP contribution in [0.3, 0.4) is 0 Å². The van der Waals surface area contributed by atoms with Crippen LogP contribution in [0.1, 0.15) is 28.4 Å². The number of halogens is 1. The van der Waals surface area contributed by atoms with Crippen molar-refractivity contribution < 1.29 is 0 Å². The Hall–Kier alpha value is -1.09. The lowest BCUT2D eigenvalue weighted by atomic mass is 9.92. The van der Waals surface area contributed by atoms with Crippen LogP contribution in [0.2, 0.25) is 0 Å². The third-order valence-corrected chi connectivity index (χ3v) is 4.15. The van der Waals surface area contributed by atoms with E-state index in [4.69, 9.17) is 0 Å². The van der Waals surface area contributed by atoms with Crippen LogP contribution in [0.25, 0.3) is 0 Å². The van der Waals surface area contributed by atoms with Gasteiger partial charge in [0.25, 0.3) is 0 Å². The fourth-order valence-corrected chi connectivity index (χ4v) is 2.98. The van der Waals surface area contributed by atoms with E-state index in [0.29, 0.717) is 5.92 Å². The number of nitrogens with zero attached hydrogens (tertiary/aromatic N) is 2. The quantitative estimate of drug-likeness (QED) is 0.787. The predicted octanol–water partition coefficient (Wildman–Crippen LogP) is 3.76. The highest BCUT2D eigenvalue weighted by atomic mass is 79.9. The zero-order valence-corrected chi connectivity index (χ0v) is 12.7. The third kappa shape index (κ3) is 2.83. The zero-order chi connectivity index (χ0) is 13.1. The van der Waals surface area contributed by atoms with Crippen molar-refractivity contribution in [2.45, 2.75) is 26.2 Å². The summed E-state index contributed by atoms with van der Waals surface area (Å²) in [5.41, 5.74) is 5.17. The normalized spacial score (nSPS) is 12.7. The molecule has 0 saturated heterocycles. The van der Waals surface area contributed by atoms with Crippen LogP contribution in [0.5, 0.6) is 0 Å². The van der Waals surface area contributed by atoms with Gasteiger partial charge in [0.2, 0.25) is 0 Å². The minimum Gasteiger partial charge on any atom is -0.272 e. The largest absolute Gasteiger partial charge is 0.272 e. The second-order valence-corrected chi connectivity index (χ2v) is 5.46. The van der Waals surface area contributed by atoms with Crippen LogP contribution in [-0.4, -0.2) is 15.1 Å². The monoisotopic (exact) mass is 306 g/mol. The van der Waals surface area contributed by atoms with Crippen molar-refractivity contribution in [1.82, 2.24) is 9.78 Å². The van der Waals surface area contributed by atoms with Crippen LogP contribution in [0.4, 0.5) is 0 Å². The molecule has 1 aromatic heterocycles. The third-order valence-electron chi connectivity index (χ3n) is 3.37. The molecular formula is C15H19BrN2. The standard InChI is InChI=1S/C15H19BrN2/c1-11-6-4-5-7-15(11)13(10-16)9-14-8-12(2)17-18(14)3/h4-8,13H,9-10H2,1-3H3. The zero-order valence-electron chi connectivity index (χ0n) is 11.2. The van der Waals surface area contributed by atoms with Gasteiger partial charge in [0, 0.05) is 18.1 Å². The first-order valence-electron chi connectivity index (χ1n) is 6.23. The number of hydrogen-bond acceptors (Lipinski definition) is 1. The average molecular weight is 307 g/mol. The molecule has 0 amide bonds. The number of aryl methyl sites for hydroxylation is 3. The van der Waals surface area contributed by atoms with E-state index in [9.17, 15) is 0 Å². The summed E-state index contributed by atoms with van der Waals surface area (Å²) in [5, 5.41) is 5.39. The van der Waals surface area contributed by atoms with E-state index in [-0.39, 0.29) is 0 Å². The molecule has 0 aliphatic rings. The molecule has 0 fully saturated rings. The summed E-state index contributed by atoms with van der Waals surface area (Å²) in [6.45, 7) is 4.22. The Morgan fingerprint density at radius 2 is 2.00 bits per heavy atom. The second-order valence-electron chi connectivity index (χ2n) is 4.81. The summed E-state index contributed by atoms with van der Waals surface area (Å²) < 4.78 is 1.99. The number of rotatable bonds is 4. The molecule has 18 heavy (non-hydrogen) atoms. The number of aromatic nitrogens is 2. The van der Waals surface area contributed by atoms with Crippen LogP contribution < -0.4 is 0 Å². The van der Waals surface area contributed by atoms with Crippen molar-refractivity contribution in [3.8, 4) is 0 Å². The molecular weight excluding hydrogens is 288 g/mol. The predicted molar refractivity (Wildman–Crippen MR) is 79.4 cm³/mol. The minimum atomic E-state index is 0.501. The summed E-state index contributed by atoms with van der Waals surface area (Å²) in [6.07, 6.45) is 1.02. The molecule has 3 heteroatoms. The van der Waals surface area contributed by atoms with E-state index in [1.807, 2.05) is 18.7 Å². The molecule has 0 spiro atoms. The second kappa shape index (κ2) is 5.70. The first kappa shape index (κ1) is 13.3. The van der Waals surface area contributed by atoms with E-state index < -0.39 is 0 Å². The number of hydrogen-bond donors (Lipinski definition) is 0. The Labute approximate surface area is 117 Å². The van der Waals surface area contributed by atoms with Crippen molar-refractivity contribution in [1.29, 1.82) is 0 Å². The van der Waals surface area contributed by atoms with Gasteiger partial charge in [0.05, 0.1) is 5.69 Å². The Morgan fingerprint density at radius 1 is 1.28 bits per heavy atom. The van der Waals surface area contributed by atoms with Gasteiger partial charge in [-0.3, -0.25) is 4.68 Å². The molecule has 2 rings (SSSR count). The van der Waals surface area contributed by atoms with Crippen LogP contribution >= 0.6 is 15.9 Å². The van der Waals surface area contributed by atoms with Crippen molar-refractivity contribution >= 4 is 15.9 Å². The molecule has 1 unspecified atom stereocenters. The molecule has 2 aromatic rings. The molecule has 0 saturated carbocycles. The highest BCUT2D eigenvalue weighted by Gasteiger charge is 2.15. The van der Waals surface area contributed by atoms with E-state index in [1.54, 1.807) is 0 Å². The lowest BCUT2D eigenvalue weighted by molar-refractivity contribution is 0.659. The smallest absolute Gasteiger partial charge is 0.0596 e. The molecule has 0 aliphatic carbocycles. The van der Waals surface area contributed by atoms with E-state index in [1.165, 1.54) is 16.8 Å². The maximum atomic E-state index is 4.42. The van der Waals surface area contributed by atoms with E-state index in [0.717, 1.165) is 17.4 Å². The lowest BCUT2D eigenvalue weighted by Gasteiger charge is -2.17. The molecule has 1 aromatic carbocycles. The highest BCUT2D eigenvalue weighted by Crippen LogP contribution is 2.25. The molecule has 0 aliphatic heterocycles. The van der Waals surface area contributed by atoms with Crippen LogP contribution in [-0.2, 0) is 13.5 Å². The van der Waals surface area contributed by atoms with Gasteiger partial charge < -0.3 is 0 Å². The van der Waals surface area contributed by atoms with E-state index in [2.05, 4.69) is 58.3 Å². The van der Waals surface area contributed by atoms with Crippen molar-refractivity contribution in [3.05, 3.63) is 52.8 Å². The van der Waals surface area contributed by atoms with Gasteiger partial charge in [-0.15, -0.1) is 0 Å². The SMILES string of the molecule is Cc1cc(CC(CBr)c2ccccc2C)n(C)n1. The highest BCUT2D eigenvalue weighted by molar-refractivity contribution is 9.09. The summed E-state index contributed by atoms with van der Waals surface area (Å²) >= 11 is 3.65. The molecule has 2 nitrogen and oxygen atoms in total. The van der Waals surface area contributed by atoms with Gasteiger partial charge in [0.1, 0.15) is 0 Å². The molecule has 0 N–H and O–H groups in total. The summed E-state index contributed by atoms with van der Waals surface area (Å²) in [7, 11) is 2.02. The topological polar surface area (TPSA) is 17.8 Å². The van der Waals surface area contributed by atoms with E-state index >= 15 is 0 Å². The number of benzene rings is 1. The maximum absolute atomic E-state index is 4.42. The fraction of sp³-hybridized carbons (Fsp3) is 0.400. The Bertz CT molecular complexity index is 531. The summed E-state index contributed by atoms with van der Waals surface area (Å²) in [4.78, 5) is 0. The van der Waals surface area contributed by atoms with Crippen molar-refractivity contribution in [2.24, 2.45) is 7.05 Å². The Kier molecular flexibility index (Phi) is 4.23. The van der Waals surface area contributed by atoms with Crippen molar-refractivity contribution in [3.63, 3.8) is 0 Å². The van der Waals surface area contributed by atoms with Gasteiger partial charge in [0.15, 0.2) is 0 Å². The first-order chi connectivity index (χ1) is 8.61. The van der Waals surface area contributed by atoms with Crippen LogP contribution in [0.15, 0.2) is 30.3 Å². The molecule has 96 valence electrons. The molecule has 1 heterocycles. The molecule has 0 radical (unpaired) electrons. The Morgan fingerprint density at radius 3 is 2.56 bits per heavy atom. The first-order valence-corrected chi connectivity index (χ1v) is 7.35.